The van der Waals surface area contributed by atoms with Crippen LogP contribution in [0.4, 0.5) is 0 Å². The van der Waals surface area contributed by atoms with E-state index in [0.717, 1.165) is 103 Å². The van der Waals surface area contributed by atoms with E-state index in [9.17, 15) is 19.5 Å². The molecule has 1 fully saturated rings. The van der Waals surface area contributed by atoms with Crippen LogP contribution in [0.1, 0.15) is 290 Å². The van der Waals surface area contributed by atoms with E-state index in [2.05, 4.69) is 57.2 Å². The van der Waals surface area contributed by atoms with Gasteiger partial charge in [0.25, 0.3) is 0 Å². The lowest BCUT2D eigenvalue weighted by atomic mass is 10.1. The highest BCUT2D eigenvalue weighted by Crippen LogP contribution is 2.26. The summed E-state index contributed by atoms with van der Waals surface area (Å²) in [5.41, 5.74) is 0. The minimum absolute atomic E-state index is 0.00799. The zero-order valence-electron chi connectivity index (χ0n) is 44.7. The van der Waals surface area contributed by atoms with Crippen molar-refractivity contribution in [2.45, 2.75) is 315 Å². The molecule has 0 aromatic rings. The zero-order valence-corrected chi connectivity index (χ0v) is 44.7. The zero-order chi connectivity index (χ0) is 49.2. The summed E-state index contributed by atoms with van der Waals surface area (Å²) in [6.45, 7) is 6.51. The molecule has 1 aliphatic heterocycles. The van der Waals surface area contributed by atoms with Crippen LogP contribution in [-0.2, 0) is 33.3 Å². The molecular weight excluding hydrogens is 849 g/mol. The molecule has 4 atom stereocenters. The fourth-order valence-electron chi connectivity index (χ4n) is 8.99. The molecule has 1 aliphatic rings. The maximum absolute atomic E-state index is 13.1. The SMILES string of the molecule is CCCCCCCC/C=C\CCCCCCCC(=O)OC[C@H](O)[C@H]1OC[C@H](OC(=O)CCCCCCC/C=C\CCCCCCCC)[C@H]1OC(=O)CCCCCCC/C=C\CCCCCCCC. The van der Waals surface area contributed by atoms with Crippen LogP contribution in [0.2, 0.25) is 0 Å². The van der Waals surface area contributed by atoms with Crippen LogP contribution in [0.15, 0.2) is 36.5 Å². The minimum Gasteiger partial charge on any atom is -0.463 e. The molecule has 68 heavy (non-hydrogen) atoms. The number of hydrogen-bond donors (Lipinski definition) is 1. The molecular formula is C60H108O8. The van der Waals surface area contributed by atoms with Gasteiger partial charge in [-0.1, -0.05) is 211 Å². The molecule has 0 amide bonds. The Labute approximate surface area is 419 Å². The molecule has 0 radical (unpaired) electrons. The molecule has 0 saturated carbocycles. The average Bonchev–Trinajstić information content (AvgIpc) is 3.72. The third kappa shape index (κ3) is 40.3. The van der Waals surface area contributed by atoms with Gasteiger partial charge in [-0.2, -0.15) is 0 Å². The van der Waals surface area contributed by atoms with Crippen LogP contribution in [0.5, 0.6) is 0 Å². The molecule has 0 spiro atoms. The Bertz CT molecular complexity index is 1230. The smallest absolute Gasteiger partial charge is 0.306 e. The van der Waals surface area contributed by atoms with Crippen molar-refractivity contribution >= 4 is 17.9 Å². The van der Waals surface area contributed by atoms with E-state index in [0.29, 0.717) is 12.8 Å². The molecule has 8 nitrogen and oxygen atoms in total. The summed E-state index contributed by atoms with van der Waals surface area (Å²) >= 11 is 0. The van der Waals surface area contributed by atoms with Gasteiger partial charge in [0.05, 0.1) is 6.61 Å². The first kappa shape index (κ1) is 63.6. The lowest BCUT2D eigenvalue weighted by Crippen LogP contribution is -2.45. The Balaban J connectivity index is 2.45. The number of esters is 3. The normalized spacial score (nSPS) is 16.7. The fraction of sp³-hybridized carbons (Fsp3) is 0.850. The van der Waals surface area contributed by atoms with Crippen LogP contribution in [0.3, 0.4) is 0 Å². The Morgan fingerprint density at radius 2 is 0.721 bits per heavy atom. The molecule has 0 aliphatic carbocycles. The van der Waals surface area contributed by atoms with Crippen molar-refractivity contribution in [3.05, 3.63) is 36.5 Å². The summed E-state index contributed by atoms with van der Waals surface area (Å²) in [6, 6.07) is 0. The van der Waals surface area contributed by atoms with Gasteiger partial charge in [-0.3, -0.25) is 14.4 Å². The van der Waals surface area contributed by atoms with Crippen LogP contribution >= 0.6 is 0 Å². The number of rotatable bonds is 50. The molecule has 0 aromatic carbocycles. The van der Waals surface area contributed by atoms with Gasteiger partial charge in [0.15, 0.2) is 12.2 Å². The predicted octanol–water partition coefficient (Wildman–Crippen LogP) is 17.2. The molecule has 1 N–H and O–H groups in total. The maximum atomic E-state index is 13.1. The Morgan fingerprint density at radius 3 is 1.07 bits per heavy atom. The first-order valence-electron chi connectivity index (χ1n) is 29.2. The largest absolute Gasteiger partial charge is 0.463 e. The first-order chi connectivity index (χ1) is 33.4. The molecule has 0 aromatic heterocycles. The van der Waals surface area contributed by atoms with Crippen LogP contribution < -0.4 is 0 Å². The maximum Gasteiger partial charge on any atom is 0.306 e. The molecule has 8 heteroatoms. The minimum atomic E-state index is -1.22. The number of aliphatic hydroxyl groups is 1. The number of unbranched alkanes of at least 4 members (excludes halogenated alkanes) is 33. The summed E-state index contributed by atoms with van der Waals surface area (Å²) in [6.07, 6.45) is 56.9. The fourth-order valence-corrected chi connectivity index (χ4v) is 8.99. The van der Waals surface area contributed by atoms with Crippen molar-refractivity contribution in [3.8, 4) is 0 Å². The Morgan fingerprint density at radius 1 is 0.426 bits per heavy atom. The third-order valence-corrected chi connectivity index (χ3v) is 13.4. The van der Waals surface area contributed by atoms with Gasteiger partial charge in [0.2, 0.25) is 0 Å². The van der Waals surface area contributed by atoms with Crippen molar-refractivity contribution in [3.63, 3.8) is 0 Å². The monoisotopic (exact) mass is 957 g/mol. The van der Waals surface area contributed by atoms with Gasteiger partial charge in [0.1, 0.15) is 18.8 Å². The van der Waals surface area contributed by atoms with Gasteiger partial charge in [-0.05, 0) is 96.3 Å². The van der Waals surface area contributed by atoms with Crippen molar-refractivity contribution in [1.29, 1.82) is 0 Å². The molecule has 1 heterocycles. The highest BCUT2D eigenvalue weighted by Gasteiger charge is 2.46. The van der Waals surface area contributed by atoms with Gasteiger partial charge in [-0.25, -0.2) is 0 Å². The van der Waals surface area contributed by atoms with Crippen molar-refractivity contribution in [1.82, 2.24) is 0 Å². The van der Waals surface area contributed by atoms with Crippen molar-refractivity contribution in [2.24, 2.45) is 0 Å². The van der Waals surface area contributed by atoms with Crippen LogP contribution in [0, 0.1) is 0 Å². The highest BCUT2D eigenvalue weighted by molar-refractivity contribution is 5.71. The number of carbonyl (C=O) groups excluding carboxylic acids is 3. The second kappa shape index (κ2) is 49.5. The van der Waals surface area contributed by atoms with E-state index >= 15 is 0 Å². The lowest BCUT2D eigenvalue weighted by molar-refractivity contribution is -0.170. The Kier molecular flexibility index (Phi) is 46.3. The lowest BCUT2D eigenvalue weighted by Gasteiger charge is -2.26. The second-order valence-corrected chi connectivity index (χ2v) is 20.0. The van der Waals surface area contributed by atoms with Gasteiger partial charge in [-0.15, -0.1) is 0 Å². The molecule has 0 unspecified atom stereocenters. The van der Waals surface area contributed by atoms with Gasteiger partial charge < -0.3 is 24.1 Å². The van der Waals surface area contributed by atoms with Crippen molar-refractivity contribution in [2.75, 3.05) is 13.2 Å². The van der Waals surface area contributed by atoms with E-state index in [4.69, 9.17) is 18.9 Å². The Hall–Kier alpha value is -2.45. The summed E-state index contributed by atoms with van der Waals surface area (Å²) < 4.78 is 23.1. The third-order valence-electron chi connectivity index (χ3n) is 13.4. The highest BCUT2D eigenvalue weighted by atomic mass is 16.6. The molecule has 1 rings (SSSR count). The molecule has 1 saturated heterocycles. The quantitative estimate of drug-likeness (QED) is 0.0278. The number of carbonyl (C=O) groups is 3. The van der Waals surface area contributed by atoms with Gasteiger partial charge >= 0.3 is 17.9 Å². The van der Waals surface area contributed by atoms with E-state index in [-0.39, 0.29) is 38.0 Å². The summed E-state index contributed by atoms with van der Waals surface area (Å²) in [5, 5.41) is 11.2. The summed E-state index contributed by atoms with van der Waals surface area (Å²) in [5.74, 6) is -1.11. The predicted molar refractivity (Wildman–Crippen MR) is 285 cm³/mol. The van der Waals surface area contributed by atoms with Crippen LogP contribution in [0.25, 0.3) is 0 Å². The second-order valence-electron chi connectivity index (χ2n) is 20.0. The number of hydrogen-bond acceptors (Lipinski definition) is 8. The van der Waals surface area contributed by atoms with E-state index in [1.807, 2.05) is 0 Å². The number of aliphatic hydroxyl groups excluding tert-OH is 1. The van der Waals surface area contributed by atoms with E-state index < -0.39 is 30.4 Å². The first-order valence-corrected chi connectivity index (χ1v) is 29.2. The number of ether oxygens (including phenoxy) is 4. The van der Waals surface area contributed by atoms with Gasteiger partial charge in [0, 0.05) is 19.3 Å². The topological polar surface area (TPSA) is 108 Å². The van der Waals surface area contributed by atoms with Crippen molar-refractivity contribution < 1.29 is 38.4 Å². The van der Waals surface area contributed by atoms with E-state index in [1.165, 1.54) is 141 Å². The van der Waals surface area contributed by atoms with Crippen LogP contribution in [-0.4, -0.2) is 60.6 Å². The standard InChI is InChI=1S/C60H108O8/c1-4-7-10-13-16-19-22-25-28-31-34-37-40-43-46-49-56(62)65-52-54(61)59-60(68-58(64)51-48-45-42-39-36-33-30-27-24-21-18-15-12-9-6-3)55(53-66-59)67-57(63)50-47-44-41-38-35-32-29-26-23-20-17-14-11-8-5-2/h25-30,54-55,59-61H,4-24,31-53H2,1-3H3/b28-25-,29-26-,30-27-/t54-,55-,59+,60+/m0/s1. The molecule has 0 bridgehead atoms. The molecule has 396 valence electrons. The number of allylic oxidation sites excluding steroid dienone is 6. The summed E-state index contributed by atoms with van der Waals surface area (Å²) in [4.78, 5) is 38.8. The average molecular weight is 958 g/mol. The summed E-state index contributed by atoms with van der Waals surface area (Å²) in [7, 11) is 0. The van der Waals surface area contributed by atoms with E-state index in [1.54, 1.807) is 0 Å².